The molecule has 142 valence electrons. The lowest BCUT2D eigenvalue weighted by Crippen LogP contribution is -2.42. The molecule has 0 N–H and O–H groups in total. The number of nitrogens with zero attached hydrogens (tertiary/aromatic N) is 3. The van der Waals surface area contributed by atoms with Gasteiger partial charge in [-0.05, 0) is 43.8 Å². The Kier molecular flexibility index (Phi) is 4.42. The second-order valence-electron chi connectivity index (χ2n) is 6.97. The number of likely N-dealkylation sites (N-methyl/N-ethyl adjacent to an activating group) is 1. The largest absolute Gasteiger partial charge is 0.599 e. The Balaban J connectivity index is 1.81. The van der Waals surface area contributed by atoms with Crippen LogP contribution in [0.2, 0.25) is 0 Å². The van der Waals surface area contributed by atoms with Crippen LogP contribution in [0.3, 0.4) is 0 Å². The maximum atomic E-state index is 13.7. The van der Waals surface area contributed by atoms with Crippen LogP contribution in [-0.4, -0.2) is 43.9 Å². The van der Waals surface area contributed by atoms with E-state index in [0.29, 0.717) is 30.3 Å². The minimum atomic E-state index is -0.691. The first kappa shape index (κ1) is 18.0. The molecule has 1 atom stereocenters. The zero-order valence-electron chi connectivity index (χ0n) is 16.3. The van der Waals surface area contributed by atoms with Gasteiger partial charge in [-0.3, -0.25) is 4.90 Å². The molecule has 4 rings (SSSR count). The van der Waals surface area contributed by atoms with Crippen molar-refractivity contribution in [2.45, 2.75) is 20.8 Å². The summed E-state index contributed by atoms with van der Waals surface area (Å²) in [5, 5.41) is 18.3. The van der Waals surface area contributed by atoms with Gasteiger partial charge >= 0.3 is 0 Å². The number of methoxy groups -OCH3 is 1. The van der Waals surface area contributed by atoms with Gasteiger partial charge in [0.15, 0.2) is 5.69 Å². The minimum absolute atomic E-state index is 0.381. The number of aryl methyl sites for hydroxylation is 1. The summed E-state index contributed by atoms with van der Waals surface area (Å²) < 4.78 is 10.8. The van der Waals surface area contributed by atoms with Crippen molar-refractivity contribution in [1.29, 1.82) is 0 Å². The third-order valence-electron chi connectivity index (χ3n) is 5.48. The van der Waals surface area contributed by atoms with E-state index in [-0.39, 0.29) is 0 Å². The van der Waals surface area contributed by atoms with Gasteiger partial charge in [0, 0.05) is 17.7 Å². The number of benzene rings is 2. The molecule has 0 aliphatic carbocycles. The predicted octanol–water partition coefficient (Wildman–Crippen LogP) is 4.02. The van der Waals surface area contributed by atoms with Crippen molar-refractivity contribution >= 4 is 11.4 Å². The molecule has 2 heterocycles. The van der Waals surface area contributed by atoms with Gasteiger partial charge in [-0.2, -0.15) is 4.76 Å². The molecule has 2 aliphatic rings. The quantitative estimate of drug-likeness (QED) is 0.488. The Morgan fingerprint density at radius 2 is 1.96 bits per heavy atom. The fourth-order valence-electron chi connectivity index (χ4n) is 3.79. The molecule has 0 saturated heterocycles. The lowest BCUT2D eigenvalue weighted by Gasteiger charge is -2.34. The molecule has 1 unspecified atom stereocenters. The van der Waals surface area contributed by atoms with Crippen molar-refractivity contribution in [2.75, 3.05) is 33.3 Å². The van der Waals surface area contributed by atoms with Gasteiger partial charge in [-0.1, -0.05) is 18.9 Å². The van der Waals surface area contributed by atoms with E-state index in [1.165, 1.54) is 0 Å². The van der Waals surface area contributed by atoms with Crippen LogP contribution in [0.1, 0.15) is 30.5 Å². The molecule has 0 saturated carbocycles. The number of fused-ring (bicyclic) bond motifs is 2. The highest BCUT2D eigenvalue weighted by atomic mass is 16.6. The average molecular weight is 367 g/mol. The van der Waals surface area contributed by atoms with E-state index < -0.39 is 4.76 Å². The summed E-state index contributed by atoms with van der Waals surface area (Å²) in [6.07, 6.45) is 0. The number of hydroxylamine groups is 1. The average Bonchev–Trinajstić information content (AvgIpc) is 2.98. The van der Waals surface area contributed by atoms with E-state index in [0.717, 1.165) is 41.2 Å². The molecule has 0 bridgehead atoms. The highest BCUT2D eigenvalue weighted by Crippen LogP contribution is 2.49. The third-order valence-corrected chi connectivity index (χ3v) is 5.48. The first-order valence-electron chi connectivity index (χ1n) is 9.43. The van der Waals surface area contributed by atoms with Crippen LogP contribution in [0.4, 0.5) is 5.69 Å². The van der Waals surface area contributed by atoms with Crippen LogP contribution in [-0.2, 0) is 0 Å². The molecule has 0 amide bonds. The maximum Gasteiger partial charge on any atom is 0.173 e. The second kappa shape index (κ2) is 6.64. The minimum Gasteiger partial charge on any atom is -0.599 e. The SMILES string of the molecule is CCN(CC)CC[N+]1([O-])N=C2c3ccc(OC)cc3Oc3c(C)ccc1c32. The molecule has 2 aromatic rings. The van der Waals surface area contributed by atoms with Gasteiger partial charge in [-0.25, -0.2) is 0 Å². The molecule has 2 aliphatic heterocycles. The van der Waals surface area contributed by atoms with Gasteiger partial charge in [0.1, 0.15) is 35.1 Å². The molecule has 0 aromatic heterocycles. The first-order chi connectivity index (χ1) is 13.0. The zero-order valence-corrected chi connectivity index (χ0v) is 16.3. The van der Waals surface area contributed by atoms with E-state index in [1.54, 1.807) is 7.11 Å². The van der Waals surface area contributed by atoms with Crippen LogP contribution in [0.15, 0.2) is 35.4 Å². The van der Waals surface area contributed by atoms with Gasteiger partial charge in [-0.15, -0.1) is 0 Å². The predicted molar refractivity (Wildman–Crippen MR) is 108 cm³/mol. The van der Waals surface area contributed by atoms with Crippen LogP contribution in [0, 0.1) is 12.1 Å². The standard InChI is InChI=1S/C21H25N3O3/c1-5-23(6-2)11-12-24(25)17-10-7-14(3)21-19(17)20(22-24)16-9-8-15(26-4)13-18(16)27-21/h7-10,13H,5-6,11-12H2,1-4H3. The first-order valence-corrected chi connectivity index (χ1v) is 9.43. The van der Waals surface area contributed by atoms with Gasteiger partial charge in [0.2, 0.25) is 0 Å². The number of hydrogen-bond donors (Lipinski definition) is 0. The molecule has 27 heavy (non-hydrogen) atoms. The Bertz CT molecular complexity index is 921. The van der Waals surface area contributed by atoms with E-state index in [9.17, 15) is 5.21 Å². The molecule has 0 fully saturated rings. The number of hydrogen-bond acceptors (Lipinski definition) is 5. The van der Waals surface area contributed by atoms with Crippen molar-refractivity contribution in [2.24, 2.45) is 5.10 Å². The summed E-state index contributed by atoms with van der Waals surface area (Å²) in [7, 11) is 1.63. The summed E-state index contributed by atoms with van der Waals surface area (Å²) in [5.74, 6) is 2.12. The van der Waals surface area contributed by atoms with Gasteiger partial charge in [0.25, 0.3) is 0 Å². The maximum absolute atomic E-state index is 13.7. The van der Waals surface area contributed by atoms with Crippen LogP contribution in [0.25, 0.3) is 0 Å². The molecule has 2 aromatic carbocycles. The van der Waals surface area contributed by atoms with E-state index >= 15 is 0 Å². The molecule has 6 heteroatoms. The molecular formula is C21H25N3O3. The summed E-state index contributed by atoms with van der Waals surface area (Å²) in [6.45, 7) is 9.14. The fourth-order valence-corrected chi connectivity index (χ4v) is 3.79. The topological polar surface area (TPSA) is 57.1 Å². The molecule has 6 nitrogen and oxygen atoms in total. The highest BCUT2D eigenvalue weighted by molar-refractivity contribution is 6.22. The smallest absolute Gasteiger partial charge is 0.173 e. The van der Waals surface area contributed by atoms with Crippen molar-refractivity contribution in [3.8, 4) is 17.2 Å². The van der Waals surface area contributed by atoms with Gasteiger partial charge in [0.05, 0.1) is 13.7 Å². The van der Waals surface area contributed by atoms with Crippen molar-refractivity contribution in [3.63, 3.8) is 0 Å². The summed E-state index contributed by atoms with van der Waals surface area (Å²) >= 11 is 0. The van der Waals surface area contributed by atoms with E-state index in [2.05, 4.69) is 23.8 Å². The monoisotopic (exact) mass is 367 g/mol. The zero-order chi connectivity index (χ0) is 19.2. The summed E-state index contributed by atoms with van der Waals surface area (Å²) in [6, 6.07) is 9.49. The van der Waals surface area contributed by atoms with Crippen LogP contribution >= 0.6 is 0 Å². The number of rotatable bonds is 6. The third kappa shape index (κ3) is 2.81. The Hall–Kier alpha value is -2.41. The second-order valence-corrected chi connectivity index (χ2v) is 6.97. The van der Waals surface area contributed by atoms with E-state index in [4.69, 9.17) is 9.47 Å². The highest BCUT2D eigenvalue weighted by Gasteiger charge is 2.41. The Morgan fingerprint density at radius 3 is 2.67 bits per heavy atom. The molecule has 0 spiro atoms. The lowest BCUT2D eigenvalue weighted by atomic mass is 9.95. The van der Waals surface area contributed by atoms with Crippen molar-refractivity contribution in [1.82, 2.24) is 9.66 Å². The van der Waals surface area contributed by atoms with E-state index in [1.807, 2.05) is 37.3 Å². The van der Waals surface area contributed by atoms with Crippen LogP contribution in [0.5, 0.6) is 17.2 Å². The van der Waals surface area contributed by atoms with Crippen molar-refractivity contribution < 1.29 is 9.47 Å². The number of ether oxygens (including phenoxy) is 2. The number of quaternary nitrogens is 1. The summed E-state index contributed by atoms with van der Waals surface area (Å²) in [5.41, 5.74) is 4.06. The molecular weight excluding hydrogens is 342 g/mol. The lowest BCUT2D eigenvalue weighted by molar-refractivity contribution is 0.261. The normalized spacial score (nSPS) is 19.4. The molecule has 0 radical (unpaired) electrons. The Labute approximate surface area is 159 Å². The summed E-state index contributed by atoms with van der Waals surface area (Å²) in [4.78, 5) is 2.25. The Morgan fingerprint density at radius 1 is 1.19 bits per heavy atom. The fraction of sp³-hybridized carbons (Fsp3) is 0.381. The van der Waals surface area contributed by atoms with Crippen LogP contribution < -0.4 is 14.2 Å². The van der Waals surface area contributed by atoms with Crippen molar-refractivity contribution in [3.05, 3.63) is 52.2 Å². The van der Waals surface area contributed by atoms with Gasteiger partial charge < -0.3 is 14.7 Å².